The zero-order valence-electron chi connectivity index (χ0n) is 21.5. The van der Waals surface area contributed by atoms with E-state index in [-0.39, 0.29) is 40.7 Å². The second-order valence-corrected chi connectivity index (χ2v) is 10.5. The van der Waals surface area contributed by atoms with E-state index in [1.165, 1.54) is 10.7 Å². The van der Waals surface area contributed by atoms with Crippen LogP contribution >= 0.6 is 0 Å². The van der Waals surface area contributed by atoms with Gasteiger partial charge in [0.2, 0.25) is 5.91 Å². The van der Waals surface area contributed by atoms with Crippen molar-refractivity contribution in [1.29, 1.82) is 0 Å². The third kappa shape index (κ3) is 7.57. The molecule has 0 aliphatic carbocycles. The van der Waals surface area contributed by atoms with Crippen LogP contribution in [-0.4, -0.2) is 26.8 Å². The number of nitrogens with zero attached hydrogens (tertiary/aromatic N) is 3. The van der Waals surface area contributed by atoms with E-state index in [2.05, 4.69) is 43.1 Å². The van der Waals surface area contributed by atoms with Crippen LogP contribution in [0.4, 0.5) is 18.9 Å². The Labute approximate surface area is 209 Å². The summed E-state index contributed by atoms with van der Waals surface area (Å²) >= 11 is 0. The summed E-state index contributed by atoms with van der Waals surface area (Å²) in [4.78, 5) is 16.8. The Morgan fingerprint density at radius 1 is 1.06 bits per heavy atom. The van der Waals surface area contributed by atoms with Gasteiger partial charge in [0.05, 0.1) is 17.4 Å². The minimum atomic E-state index is -4.48. The van der Waals surface area contributed by atoms with Gasteiger partial charge < -0.3 is 10.1 Å². The largest absolute Gasteiger partial charge is 0.460 e. The predicted octanol–water partition coefficient (Wildman–Crippen LogP) is 7.14. The van der Waals surface area contributed by atoms with Gasteiger partial charge in [0, 0.05) is 17.7 Å². The molecule has 194 valence electrons. The fourth-order valence-electron chi connectivity index (χ4n) is 4.09. The number of benzene rings is 2. The van der Waals surface area contributed by atoms with Crippen molar-refractivity contribution in [3.63, 3.8) is 0 Å². The summed E-state index contributed by atoms with van der Waals surface area (Å²) < 4.78 is 46.9. The number of ether oxygens (including phenoxy) is 1. The molecule has 0 aliphatic heterocycles. The second-order valence-electron chi connectivity index (χ2n) is 10.5. The summed E-state index contributed by atoms with van der Waals surface area (Å²) in [5.41, 5.74) is 0.800. The SMILES string of the molecule is CC(C)Oc1nc(-c2cccc(C(F)(F)F)c2)n(-c2ccc(NC(=O)C[C@@H](C)CC(C)(C)C)cc2)n1. The van der Waals surface area contributed by atoms with Crippen LogP contribution in [0, 0.1) is 11.3 Å². The number of amides is 1. The zero-order valence-corrected chi connectivity index (χ0v) is 21.5. The first-order valence-corrected chi connectivity index (χ1v) is 11.9. The number of aromatic nitrogens is 3. The number of hydrogen-bond donors (Lipinski definition) is 1. The van der Waals surface area contributed by atoms with Gasteiger partial charge in [-0.1, -0.05) is 39.8 Å². The number of carbonyl (C=O) groups excluding carboxylic acids is 1. The highest BCUT2D eigenvalue weighted by molar-refractivity contribution is 5.90. The summed E-state index contributed by atoms with van der Waals surface area (Å²) in [6, 6.07) is 11.9. The minimum Gasteiger partial charge on any atom is -0.460 e. The smallest absolute Gasteiger partial charge is 0.416 e. The quantitative estimate of drug-likeness (QED) is 0.355. The Kier molecular flexibility index (Phi) is 8.11. The summed E-state index contributed by atoms with van der Waals surface area (Å²) in [5.74, 6) is 0.385. The monoisotopic (exact) mass is 502 g/mol. The van der Waals surface area contributed by atoms with Crippen LogP contribution in [-0.2, 0) is 11.0 Å². The Morgan fingerprint density at radius 2 is 1.72 bits per heavy atom. The van der Waals surface area contributed by atoms with Crippen LogP contribution in [0.5, 0.6) is 6.01 Å². The Balaban J connectivity index is 1.86. The van der Waals surface area contributed by atoms with Gasteiger partial charge in [0.25, 0.3) is 0 Å². The molecule has 1 N–H and O–H groups in total. The Bertz CT molecular complexity index is 1180. The maximum atomic E-state index is 13.3. The predicted molar refractivity (Wildman–Crippen MR) is 134 cm³/mol. The van der Waals surface area contributed by atoms with E-state index in [9.17, 15) is 18.0 Å². The molecule has 0 unspecified atom stereocenters. The molecule has 1 atom stereocenters. The first-order chi connectivity index (χ1) is 16.7. The number of carbonyl (C=O) groups is 1. The maximum Gasteiger partial charge on any atom is 0.416 e. The molecule has 36 heavy (non-hydrogen) atoms. The normalized spacial score (nSPS) is 13.1. The van der Waals surface area contributed by atoms with Crippen LogP contribution in [0.3, 0.4) is 0 Å². The lowest BCUT2D eigenvalue weighted by Crippen LogP contribution is -2.18. The van der Waals surface area contributed by atoms with E-state index in [4.69, 9.17) is 4.74 Å². The van der Waals surface area contributed by atoms with Gasteiger partial charge in [-0.25, -0.2) is 4.68 Å². The van der Waals surface area contributed by atoms with Crippen molar-refractivity contribution in [1.82, 2.24) is 14.8 Å². The van der Waals surface area contributed by atoms with E-state index in [0.29, 0.717) is 17.8 Å². The fourth-order valence-corrected chi connectivity index (χ4v) is 4.09. The first-order valence-electron chi connectivity index (χ1n) is 11.9. The van der Waals surface area contributed by atoms with E-state index in [1.54, 1.807) is 30.3 Å². The third-order valence-electron chi connectivity index (χ3n) is 5.27. The molecule has 0 fully saturated rings. The number of alkyl halides is 3. The van der Waals surface area contributed by atoms with Gasteiger partial charge in [0.1, 0.15) is 0 Å². The summed E-state index contributed by atoms with van der Waals surface area (Å²) in [7, 11) is 0. The molecule has 0 saturated carbocycles. The second kappa shape index (κ2) is 10.7. The molecule has 6 nitrogen and oxygen atoms in total. The fraction of sp³-hybridized carbons (Fsp3) is 0.444. The molecule has 3 aromatic rings. The topological polar surface area (TPSA) is 69.0 Å². The molecule has 1 amide bonds. The molecule has 9 heteroatoms. The van der Waals surface area contributed by atoms with Crippen LogP contribution in [0.25, 0.3) is 17.1 Å². The van der Waals surface area contributed by atoms with Crippen molar-refractivity contribution in [2.75, 3.05) is 5.32 Å². The summed E-state index contributed by atoms with van der Waals surface area (Å²) in [6.07, 6.45) is -3.35. The third-order valence-corrected chi connectivity index (χ3v) is 5.27. The van der Waals surface area contributed by atoms with Crippen LogP contribution in [0.15, 0.2) is 48.5 Å². The van der Waals surface area contributed by atoms with Gasteiger partial charge in [-0.05, 0) is 68.0 Å². The lowest BCUT2D eigenvalue weighted by molar-refractivity contribution is -0.137. The molecule has 1 heterocycles. The number of anilines is 1. The standard InChI is InChI=1S/C27H33F3N4O2/c1-17(2)36-25-32-24(19-8-7-9-20(15-19)27(28,29)30)34(33-25)22-12-10-21(11-13-22)31-23(35)14-18(3)16-26(4,5)6/h7-13,15,17-18H,14,16H2,1-6H3,(H,31,35)/t18-/m1/s1. The van der Waals surface area contributed by atoms with E-state index < -0.39 is 11.7 Å². The Hall–Kier alpha value is -3.36. The number of rotatable bonds is 8. The van der Waals surface area contributed by atoms with Gasteiger partial charge in [-0.2, -0.15) is 18.2 Å². The lowest BCUT2D eigenvalue weighted by Gasteiger charge is -2.22. The van der Waals surface area contributed by atoms with Crippen LogP contribution < -0.4 is 10.1 Å². The molecule has 0 saturated heterocycles. The highest BCUT2D eigenvalue weighted by Crippen LogP contribution is 2.33. The van der Waals surface area contributed by atoms with Crippen LogP contribution in [0.1, 0.15) is 59.9 Å². The zero-order chi connectivity index (χ0) is 26.7. The average Bonchev–Trinajstić information content (AvgIpc) is 3.15. The van der Waals surface area contributed by atoms with E-state index in [1.807, 2.05) is 13.8 Å². The molecule has 2 aromatic carbocycles. The van der Waals surface area contributed by atoms with Gasteiger partial charge in [0.15, 0.2) is 5.82 Å². The van der Waals surface area contributed by atoms with Crippen LogP contribution in [0.2, 0.25) is 0 Å². The molecule has 0 bridgehead atoms. The van der Waals surface area contributed by atoms with Crippen molar-refractivity contribution >= 4 is 11.6 Å². The first kappa shape index (κ1) is 27.2. The van der Waals surface area contributed by atoms with Crippen molar-refractivity contribution in [2.45, 2.75) is 66.7 Å². The number of hydrogen-bond acceptors (Lipinski definition) is 4. The van der Waals surface area contributed by atoms with Gasteiger partial charge >= 0.3 is 12.2 Å². The summed E-state index contributed by atoms with van der Waals surface area (Å²) in [5, 5.41) is 7.27. The maximum absolute atomic E-state index is 13.3. The number of nitrogens with one attached hydrogen (secondary N) is 1. The van der Waals surface area contributed by atoms with Crippen molar-refractivity contribution in [2.24, 2.45) is 11.3 Å². The lowest BCUT2D eigenvalue weighted by atomic mass is 9.84. The molecular weight excluding hydrogens is 469 g/mol. The highest BCUT2D eigenvalue weighted by atomic mass is 19.4. The van der Waals surface area contributed by atoms with Crippen molar-refractivity contribution < 1.29 is 22.7 Å². The molecule has 0 radical (unpaired) electrons. The molecule has 0 aliphatic rings. The highest BCUT2D eigenvalue weighted by Gasteiger charge is 2.31. The molecule has 0 spiro atoms. The molecule has 3 rings (SSSR count). The Morgan fingerprint density at radius 3 is 2.31 bits per heavy atom. The van der Waals surface area contributed by atoms with E-state index in [0.717, 1.165) is 18.6 Å². The minimum absolute atomic E-state index is 0.0580. The van der Waals surface area contributed by atoms with Gasteiger partial charge in [-0.15, -0.1) is 5.10 Å². The molecular formula is C27H33F3N4O2. The molecule has 1 aromatic heterocycles. The van der Waals surface area contributed by atoms with Crippen molar-refractivity contribution in [3.8, 4) is 23.1 Å². The van der Waals surface area contributed by atoms with Crippen molar-refractivity contribution in [3.05, 3.63) is 54.1 Å². The van der Waals surface area contributed by atoms with Gasteiger partial charge in [-0.3, -0.25) is 4.79 Å². The average molecular weight is 503 g/mol. The summed E-state index contributed by atoms with van der Waals surface area (Å²) in [6.45, 7) is 12.1. The number of halogens is 3. The van der Waals surface area contributed by atoms with E-state index >= 15 is 0 Å².